The van der Waals surface area contributed by atoms with Crippen LogP contribution in [0, 0.1) is 6.92 Å². The molecular weight excluding hydrogens is 224 g/mol. The van der Waals surface area contributed by atoms with Gasteiger partial charge in [-0.1, -0.05) is 18.0 Å². The molecule has 16 heavy (non-hydrogen) atoms. The van der Waals surface area contributed by atoms with Crippen molar-refractivity contribution in [1.82, 2.24) is 15.3 Å². The third kappa shape index (κ3) is 3.32. The Morgan fingerprint density at radius 1 is 1.50 bits per heavy atom. The molecule has 1 aromatic rings. The van der Waals surface area contributed by atoms with Gasteiger partial charge < -0.3 is 10.6 Å². The van der Waals surface area contributed by atoms with E-state index in [1.54, 1.807) is 6.07 Å². The molecule has 4 nitrogen and oxygen atoms in total. The summed E-state index contributed by atoms with van der Waals surface area (Å²) < 4.78 is 0. The summed E-state index contributed by atoms with van der Waals surface area (Å²) in [4.78, 5) is 8.42. The van der Waals surface area contributed by atoms with Crippen LogP contribution in [-0.4, -0.2) is 29.1 Å². The highest BCUT2D eigenvalue weighted by Gasteiger charge is 2.12. The molecule has 1 aromatic heterocycles. The van der Waals surface area contributed by atoms with E-state index in [4.69, 9.17) is 11.6 Å². The summed E-state index contributed by atoms with van der Waals surface area (Å²) in [6.45, 7) is 3.89. The third-order valence-corrected chi connectivity index (χ3v) is 2.94. The predicted molar refractivity (Wildman–Crippen MR) is 65.9 cm³/mol. The highest BCUT2D eigenvalue weighted by molar-refractivity contribution is 6.29. The lowest BCUT2D eigenvalue weighted by Gasteiger charge is -2.23. The minimum atomic E-state index is 0.492. The van der Waals surface area contributed by atoms with Gasteiger partial charge in [-0.15, -0.1) is 0 Å². The van der Waals surface area contributed by atoms with Gasteiger partial charge in [0.25, 0.3) is 0 Å². The van der Waals surface area contributed by atoms with E-state index in [2.05, 4.69) is 20.6 Å². The Balaban J connectivity index is 1.88. The highest BCUT2D eigenvalue weighted by Crippen LogP contribution is 2.11. The number of nitrogens with zero attached hydrogens (tertiary/aromatic N) is 2. The van der Waals surface area contributed by atoms with Crippen molar-refractivity contribution >= 4 is 17.5 Å². The molecule has 0 saturated carbocycles. The van der Waals surface area contributed by atoms with E-state index >= 15 is 0 Å². The molecule has 0 bridgehead atoms. The van der Waals surface area contributed by atoms with Crippen LogP contribution in [0.4, 0.5) is 5.95 Å². The molecule has 88 valence electrons. The molecule has 1 unspecified atom stereocenters. The van der Waals surface area contributed by atoms with Crippen LogP contribution in [0.2, 0.25) is 5.15 Å². The quantitative estimate of drug-likeness (QED) is 0.794. The maximum absolute atomic E-state index is 5.86. The van der Waals surface area contributed by atoms with Crippen LogP contribution < -0.4 is 10.6 Å². The first-order valence-electron chi connectivity index (χ1n) is 5.72. The molecule has 2 rings (SSSR count). The van der Waals surface area contributed by atoms with Crippen molar-refractivity contribution in [1.29, 1.82) is 0 Å². The Labute approximate surface area is 101 Å². The fourth-order valence-electron chi connectivity index (χ4n) is 1.92. The summed E-state index contributed by atoms with van der Waals surface area (Å²) in [5.41, 5.74) is 0.888. The molecule has 2 heterocycles. The zero-order chi connectivity index (χ0) is 11.4. The molecule has 0 spiro atoms. The van der Waals surface area contributed by atoms with Crippen molar-refractivity contribution in [2.75, 3.05) is 18.4 Å². The summed E-state index contributed by atoms with van der Waals surface area (Å²) in [5.74, 6) is 0.623. The molecule has 1 atom stereocenters. The maximum atomic E-state index is 5.86. The van der Waals surface area contributed by atoms with E-state index < -0.39 is 0 Å². The van der Waals surface area contributed by atoms with E-state index in [9.17, 15) is 0 Å². The van der Waals surface area contributed by atoms with Gasteiger partial charge in [0.1, 0.15) is 5.15 Å². The summed E-state index contributed by atoms with van der Waals surface area (Å²) in [5, 5.41) is 7.19. The third-order valence-electron chi connectivity index (χ3n) is 2.74. The average molecular weight is 241 g/mol. The van der Waals surface area contributed by atoms with E-state index in [1.807, 2.05) is 6.92 Å². The first-order valence-corrected chi connectivity index (χ1v) is 6.10. The van der Waals surface area contributed by atoms with Gasteiger partial charge in [0, 0.05) is 18.3 Å². The van der Waals surface area contributed by atoms with Crippen molar-refractivity contribution in [3.05, 3.63) is 16.9 Å². The van der Waals surface area contributed by atoms with Crippen molar-refractivity contribution in [2.45, 2.75) is 32.2 Å². The van der Waals surface area contributed by atoms with E-state index in [-0.39, 0.29) is 0 Å². The van der Waals surface area contributed by atoms with Crippen LogP contribution in [0.15, 0.2) is 6.07 Å². The van der Waals surface area contributed by atoms with Gasteiger partial charge >= 0.3 is 0 Å². The second-order valence-electron chi connectivity index (χ2n) is 4.18. The standard InChI is InChI=1S/C11H17ClN4/c1-8-6-10(12)16-11(15-8)14-7-9-4-2-3-5-13-9/h6,9,13H,2-5,7H2,1H3,(H,14,15,16). The number of piperidine rings is 1. The Morgan fingerprint density at radius 3 is 3.06 bits per heavy atom. The van der Waals surface area contributed by atoms with Crippen LogP contribution in [-0.2, 0) is 0 Å². The number of anilines is 1. The van der Waals surface area contributed by atoms with E-state index in [0.717, 1.165) is 18.8 Å². The second kappa shape index (κ2) is 5.46. The minimum Gasteiger partial charge on any atom is -0.353 e. The number of halogens is 1. The molecule has 1 saturated heterocycles. The Bertz CT molecular complexity index is 330. The summed E-state index contributed by atoms with van der Waals surface area (Å²) in [6.07, 6.45) is 3.80. The Morgan fingerprint density at radius 2 is 2.38 bits per heavy atom. The molecule has 0 aromatic carbocycles. The van der Waals surface area contributed by atoms with Gasteiger partial charge in [0.2, 0.25) is 5.95 Å². The topological polar surface area (TPSA) is 49.8 Å². The predicted octanol–water partition coefficient (Wildman–Crippen LogP) is 1.99. The number of nitrogens with one attached hydrogen (secondary N) is 2. The van der Waals surface area contributed by atoms with Gasteiger partial charge in [-0.3, -0.25) is 0 Å². The molecule has 0 amide bonds. The molecule has 0 radical (unpaired) electrons. The van der Waals surface area contributed by atoms with Crippen molar-refractivity contribution in [3.8, 4) is 0 Å². The average Bonchev–Trinajstić information content (AvgIpc) is 2.27. The molecule has 2 N–H and O–H groups in total. The first kappa shape index (κ1) is 11.6. The lowest BCUT2D eigenvalue weighted by atomic mass is 10.1. The number of rotatable bonds is 3. The fourth-order valence-corrected chi connectivity index (χ4v) is 2.16. The fraction of sp³-hybridized carbons (Fsp3) is 0.636. The highest BCUT2D eigenvalue weighted by atomic mass is 35.5. The normalized spacial score (nSPS) is 20.8. The molecule has 5 heteroatoms. The number of aromatic nitrogens is 2. The van der Waals surface area contributed by atoms with Crippen molar-refractivity contribution in [3.63, 3.8) is 0 Å². The zero-order valence-electron chi connectivity index (χ0n) is 9.46. The van der Waals surface area contributed by atoms with Gasteiger partial charge in [-0.2, -0.15) is 0 Å². The number of hydrogen-bond acceptors (Lipinski definition) is 4. The Kier molecular flexibility index (Phi) is 3.96. The Hall–Kier alpha value is -0.870. The van der Waals surface area contributed by atoms with Crippen LogP contribution >= 0.6 is 11.6 Å². The van der Waals surface area contributed by atoms with Crippen LogP contribution in [0.25, 0.3) is 0 Å². The van der Waals surface area contributed by atoms with E-state index in [0.29, 0.717) is 17.1 Å². The SMILES string of the molecule is Cc1cc(Cl)nc(NCC2CCCCN2)n1. The van der Waals surface area contributed by atoms with E-state index in [1.165, 1.54) is 19.3 Å². The first-order chi connectivity index (χ1) is 7.74. The number of aryl methyl sites for hydroxylation is 1. The molecular formula is C11H17ClN4. The monoisotopic (exact) mass is 240 g/mol. The van der Waals surface area contributed by atoms with Crippen LogP contribution in [0.3, 0.4) is 0 Å². The lowest BCUT2D eigenvalue weighted by Crippen LogP contribution is -2.39. The van der Waals surface area contributed by atoms with Crippen LogP contribution in [0.5, 0.6) is 0 Å². The van der Waals surface area contributed by atoms with Crippen LogP contribution in [0.1, 0.15) is 25.0 Å². The van der Waals surface area contributed by atoms with Gasteiger partial charge in [-0.05, 0) is 32.4 Å². The smallest absolute Gasteiger partial charge is 0.224 e. The number of hydrogen-bond donors (Lipinski definition) is 2. The molecule has 0 aliphatic carbocycles. The van der Waals surface area contributed by atoms with Gasteiger partial charge in [0.05, 0.1) is 0 Å². The summed E-state index contributed by atoms with van der Waals surface area (Å²) >= 11 is 5.86. The maximum Gasteiger partial charge on any atom is 0.224 e. The van der Waals surface area contributed by atoms with Crippen molar-refractivity contribution < 1.29 is 0 Å². The summed E-state index contributed by atoms with van der Waals surface area (Å²) in [7, 11) is 0. The molecule has 1 aliphatic rings. The largest absolute Gasteiger partial charge is 0.353 e. The molecule has 1 fully saturated rings. The van der Waals surface area contributed by atoms with Crippen molar-refractivity contribution in [2.24, 2.45) is 0 Å². The second-order valence-corrected chi connectivity index (χ2v) is 4.57. The zero-order valence-corrected chi connectivity index (χ0v) is 10.2. The van der Waals surface area contributed by atoms with Gasteiger partial charge in [0.15, 0.2) is 0 Å². The van der Waals surface area contributed by atoms with Gasteiger partial charge in [-0.25, -0.2) is 9.97 Å². The molecule has 1 aliphatic heterocycles. The lowest BCUT2D eigenvalue weighted by molar-refractivity contribution is 0.413. The minimum absolute atomic E-state index is 0.492. The summed E-state index contributed by atoms with van der Waals surface area (Å²) in [6, 6.07) is 2.28.